The summed E-state index contributed by atoms with van der Waals surface area (Å²) in [6, 6.07) is 17.6. The summed E-state index contributed by atoms with van der Waals surface area (Å²) in [5, 5.41) is 9.01. The molecule has 0 radical (unpaired) electrons. The monoisotopic (exact) mass is 396 g/mol. The number of amides is 1. The van der Waals surface area contributed by atoms with E-state index in [-0.39, 0.29) is 11.2 Å². The van der Waals surface area contributed by atoms with Crippen molar-refractivity contribution in [2.24, 2.45) is 7.05 Å². The van der Waals surface area contributed by atoms with Gasteiger partial charge in [0.05, 0.1) is 12.4 Å². The summed E-state index contributed by atoms with van der Waals surface area (Å²) in [5.74, 6) is 1.60. The minimum Gasteiger partial charge on any atom is -0.497 e. The Bertz CT molecular complexity index is 925. The Morgan fingerprint density at radius 1 is 1.14 bits per heavy atom. The van der Waals surface area contributed by atoms with Crippen LogP contribution in [0.15, 0.2) is 59.8 Å². The molecule has 0 bridgehead atoms. The van der Waals surface area contributed by atoms with E-state index in [0.717, 1.165) is 22.7 Å². The minimum atomic E-state index is -0.264. The summed E-state index contributed by atoms with van der Waals surface area (Å²) < 4.78 is 7.11. The van der Waals surface area contributed by atoms with Gasteiger partial charge in [0, 0.05) is 26.2 Å². The van der Waals surface area contributed by atoms with Crippen LogP contribution in [0.5, 0.6) is 5.75 Å². The molecule has 7 heteroatoms. The van der Waals surface area contributed by atoms with Crippen LogP contribution in [0.2, 0.25) is 0 Å². The number of carbonyl (C=O) groups excluding carboxylic acids is 1. The fourth-order valence-electron chi connectivity index (χ4n) is 2.86. The standard InChI is InChI=1S/C21H24N4O2S/c1-15(20(26)24(2)14-16-8-6-5-7-9-16)28-21-23-22-19(25(21)3)17-10-12-18(27-4)13-11-17/h5-13,15H,14H2,1-4H3. The molecular formula is C21H24N4O2S. The zero-order valence-electron chi connectivity index (χ0n) is 16.5. The molecule has 1 unspecified atom stereocenters. The first kappa shape index (κ1) is 19.9. The summed E-state index contributed by atoms with van der Waals surface area (Å²) in [6.45, 7) is 2.48. The Morgan fingerprint density at radius 2 is 1.82 bits per heavy atom. The molecule has 0 spiro atoms. The Labute approximate surface area is 169 Å². The molecule has 28 heavy (non-hydrogen) atoms. The van der Waals surface area contributed by atoms with Gasteiger partial charge in [-0.05, 0) is 36.8 Å². The molecule has 0 fully saturated rings. The quantitative estimate of drug-likeness (QED) is 0.571. The number of hydrogen-bond donors (Lipinski definition) is 0. The van der Waals surface area contributed by atoms with Crippen molar-refractivity contribution in [2.45, 2.75) is 23.9 Å². The maximum atomic E-state index is 12.7. The Hall–Kier alpha value is -2.80. The molecule has 6 nitrogen and oxygen atoms in total. The fourth-order valence-corrected chi connectivity index (χ4v) is 3.79. The molecule has 1 aromatic heterocycles. The maximum absolute atomic E-state index is 12.7. The van der Waals surface area contributed by atoms with Crippen LogP contribution in [0.3, 0.4) is 0 Å². The van der Waals surface area contributed by atoms with Crippen LogP contribution in [-0.4, -0.2) is 45.0 Å². The van der Waals surface area contributed by atoms with Crippen LogP contribution in [-0.2, 0) is 18.4 Å². The number of thioether (sulfide) groups is 1. The largest absolute Gasteiger partial charge is 0.497 e. The zero-order valence-corrected chi connectivity index (χ0v) is 17.3. The van der Waals surface area contributed by atoms with Crippen molar-refractivity contribution in [3.63, 3.8) is 0 Å². The van der Waals surface area contributed by atoms with Gasteiger partial charge in [-0.2, -0.15) is 0 Å². The van der Waals surface area contributed by atoms with Gasteiger partial charge >= 0.3 is 0 Å². The molecule has 1 atom stereocenters. The van der Waals surface area contributed by atoms with Crippen molar-refractivity contribution >= 4 is 17.7 Å². The molecule has 0 aliphatic rings. The SMILES string of the molecule is COc1ccc(-c2nnc(SC(C)C(=O)N(C)Cc3ccccc3)n2C)cc1. The second kappa shape index (κ2) is 8.93. The van der Waals surface area contributed by atoms with Crippen molar-refractivity contribution in [3.8, 4) is 17.1 Å². The molecule has 146 valence electrons. The maximum Gasteiger partial charge on any atom is 0.235 e. The number of nitrogens with zero attached hydrogens (tertiary/aromatic N) is 4. The number of rotatable bonds is 7. The Balaban J connectivity index is 1.67. The summed E-state index contributed by atoms with van der Waals surface area (Å²) in [5.41, 5.74) is 2.05. The third kappa shape index (κ3) is 4.54. The van der Waals surface area contributed by atoms with Gasteiger partial charge < -0.3 is 14.2 Å². The van der Waals surface area contributed by atoms with E-state index in [1.807, 2.05) is 80.2 Å². The van der Waals surface area contributed by atoms with E-state index < -0.39 is 0 Å². The van der Waals surface area contributed by atoms with Crippen molar-refractivity contribution < 1.29 is 9.53 Å². The lowest BCUT2D eigenvalue weighted by Gasteiger charge is -2.21. The Kier molecular flexibility index (Phi) is 6.36. The van der Waals surface area contributed by atoms with E-state index in [0.29, 0.717) is 11.7 Å². The van der Waals surface area contributed by atoms with Crippen LogP contribution < -0.4 is 4.74 Å². The highest BCUT2D eigenvalue weighted by atomic mass is 32.2. The first-order valence-electron chi connectivity index (χ1n) is 8.99. The molecule has 2 aromatic carbocycles. The molecule has 1 amide bonds. The second-order valence-electron chi connectivity index (χ2n) is 6.53. The predicted octanol–water partition coefficient (Wildman–Crippen LogP) is 3.63. The number of ether oxygens (including phenoxy) is 1. The minimum absolute atomic E-state index is 0.0582. The van der Waals surface area contributed by atoms with E-state index in [1.54, 1.807) is 12.0 Å². The molecule has 0 N–H and O–H groups in total. The van der Waals surface area contributed by atoms with Gasteiger partial charge in [-0.25, -0.2) is 0 Å². The van der Waals surface area contributed by atoms with E-state index in [4.69, 9.17) is 4.74 Å². The Morgan fingerprint density at radius 3 is 2.46 bits per heavy atom. The van der Waals surface area contributed by atoms with Gasteiger partial charge in [0.15, 0.2) is 11.0 Å². The highest BCUT2D eigenvalue weighted by molar-refractivity contribution is 8.00. The lowest BCUT2D eigenvalue weighted by atomic mass is 10.2. The highest BCUT2D eigenvalue weighted by Crippen LogP contribution is 2.27. The van der Waals surface area contributed by atoms with Crippen LogP contribution >= 0.6 is 11.8 Å². The molecule has 0 saturated heterocycles. The van der Waals surface area contributed by atoms with Crippen LogP contribution in [0.25, 0.3) is 11.4 Å². The third-order valence-corrected chi connectivity index (χ3v) is 5.57. The molecule has 0 aliphatic heterocycles. The number of aromatic nitrogens is 3. The number of benzene rings is 2. The van der Waals surface area contributed by atoms with Gasteiger partial charge in [0.2, 0.25) is 5.91 Å². The van der Waals surface area contributed by atoms with E-state index in [1.165, 1.54) is 11.8 Å². The summed E-state index contributed by atoms with van der Waals surface area (Å²) in [4.78, 5) is 14.5. The third-order valence-electron chi connectivity index (χ3n) is 4.45. The first-order valence-corrected chi connectivity index (χ1v) is 9.87. The molecular weight excluding hydrogens is 372 g/mol. The highest BCUT2D eigenvalue weighted by Gasteiger charge is 2.22. The van der Waals surface area contributed by atoms with Crippen molar-refractivity contribution in [3.05, 3.63) is 60.2 Å². The van der Waals surface area contributed by atoms with Crippen LogP contribution in [0.1, 0.15) is 12.5 Å². The topological polar surface area (TPSA) is 60.3 Å². The first-order chi connectivity index (χ1) is 13.5. The van der Waals surface area contributed by atoms with Crippen LogP contribution in [0, 0.1) is 0 Å². The molecule has 3 aromatic rings. The predicted molar refractivity (Wildman–Crippen MR) is 111 cm³/mol. The smallest absolute Gasteiger partial charge is 0.235 e. The summed E-state index contributed by atoms with van der Waals surface area (Å²) in [7, 11) is 5.37. The fraction of sp³-hybridized carbons (Fsp3) is 0.286. The van der Waals surface area contributed by atoms with Crippen LogP contribution in [0.4, 0.5) is 0 Å². The van der Waals surface area contributed by atoms with Gasteiger partial charge in [0.25, 0.3) is 0 Å². The number of methoxy groups -OCH3 is 1. The van der Waals surface area contributed by atoms with Crippen molar-refractivity contribution in [1.82, 2.24) is 19.7 Å². The average molecular weight is 397 g/mol. The lowest BCUT2D eigenvalue weighted by molar-refractivity contribution is -0.129. The van der Waals surface area contributed by atoms with E-state index in [9.17, 15) is 4.79 Å². The molecule has 3 rings (SSSR count). The van der Waals surface area contributed by atoms with Crippen molar-refractivity contribution in [1.29, 1.82) is 0 Å². The number of carbonyl (C=O) groups is 1. The van der Waals surface area contributed by atoms with Gasteiger partial charge in [-0.1, -0.05) is 42.1 Å². The second-order valence-corrected chi connectivity index (χ2v) is 7.84. The average Bonchev–Trinajstić information content (AvgIpc) is 3.08. The van der Waals surface area contributed by atoms with Gasteiger partial charge in [-0.15, -0.1) is 10.2 Å². The molecule has 0 saturated carbocycles. The van der Waals surface area contributed by atoms with Crippen molar-refractivity contribution in [2.75, 3.05) is 14.2 Å². The van der Waals surface area contributed by atoms with Gasteiger partial charge in [-0.3, -0.25) is 4.79 Å². The van der Waals surface area contributed by atoms with E-state index in [2.05, 4.69) is 10.2 Å². The molecule has 1 heterocycles. The summed E-state index contributed by atoms with van der Waals surface area (Å²) >= 11 is 1.41. The lowest BCUT2D eigenvalue weighted by Crippen LogP contribution is -2.32. The zero-order chi connectivity index (χ0) is 20.1. The number of hydrogen-bond acceptors (Lipinski definition) is 5. The molecule has 0 aliphatic carbocycles. The normalized spacial score (nSPS) is 11.9. The summed E-state index contributed by atoms with van der Waals surface area (Å²) in [6.07, 6.45) is 0. The van der Waals surface area contributed by atoms with E-state index >= 15 is 0 Å². The van der Waals surface area contributed by atoms with Gasteiger partial charge in [0.1, 0.15) is 5.75 Å².